The lowest BCUT2D eigenvalue weighted by Gasteiger charge is -2.30. The van der Waals surface area contributed by atoms with Crippen molar-refractivity contribution in [2.45, 2.75) is 58.4 Å². The summed E-state index contributed by atoms with van der Waals surface area (Å²) < 4.78 is 0. The molecule has 1 unspecified atom stereocenters. The second kappa shape index (κ2) is 5.38. The lowest BCUT2D eigenvalue weighted by Crippen LogP contribution is -2.45. The number of rotatable bonds is 2. The summed E-state index contributed by atoms with van der Waals surface area (Å²) in [6, 6.07) is 0.536. The minimum Gasteiger partial charge on any atom is -0.341 e. The summed E-state index contributed by atoms with van der Waals surface area (Å²) in [5, 5.41) is 3.53. The second-order valence-electron chi connectivity index (χ2n) is 6.40. The van der Waals surface area contributed by atoms with E-state index in [2.05, 4.69) is 24.1 Å². The van der Waals surface area contributed by atoms with E-state index in [1.807, 2.05) is 0 Å². The van der Waals surface area contributed by atoms with Gasteiger partial charge in [0.25, 0.3) is 0 Å². The predicted molar refractivity (Wildman–Crippen MR) is 69.9 cm³/mol. The first-order chi connectivity index (χ1) is 8.07. The average Bonchev–Trinajstić information content (AvgIpc) is 2.44. The summed E-state index contributed by atoms with van der Waals surface area (Å²) in [7, 11) is 0. The van der Waals surface area contributed by atoms with Crippen molar-refractivity contribution < 1.29 is 4.79 Å². The number of piperidine rings is 1. The molecule has 0 aromatic carbocycles. The van der Waals surface area contributed by atoms with Gasteiger partial charge in [0.2, 0.25) is 5.91 Å². The van der Waals surface area contributed by atoms with Gasteiger partial charge >= 0.3 is 0 Å². The number of likely N-dealkylation sites (tertiary alicyclic amines) is 1. The van der Waals surface area contributed by atoms with Crippen LogP contribution < -0.4 is 5.32 Å². The third-order valence-electron chi connectivity index (χ3n) is 4.28. The van der Waals surface area contributed by atoms with Gasteiger partial charge in [-0.3, -0.25) is 4.79 Å². The van der Waals surface area contributed by atoms with Crippen LogP contribution in [0.5, 0.6) is 0 Å². The molecule has 3 nitrogen and oxygen atoms in total. The second-order valence-corrected chi connectivity index (χ2v) is 6.40. The number of carbonyl (C=O) groups excluding carboxylic acids is 1. The topological polar surface area (TPSA) is 32.3 Å². The fraction of sp³-hybridized carbons (Fsp3) is 0.929. The van der Waals surface area contributed by atoms with Crippen LogP contribution in [0.15, 0.2) is 0 Å². The largest absolute Gasteiger partial charge is 0.341 e. The Kier molecular flexibility index (Phi) is 4.08. The highest BCUT2D eigenvalue weighted by Gasteiger charge is 2.28. The molecule has 0 spiro atoms. The van der Waals surface area contributed by atoms with Gasteiger partial charge in [-0.1, -0.05) is 20.3 Å². The lowest BCUT2D eigenvalue weighted by atomic mass is 9.85. The lowest BCUT2D eigenvalue weighted by molar-refractivity contribution is -0.131. The summed E-state index contributed by atoms with van der Waals surface area (Å²) in [6.07, 6.45) is 6.75. The van der Waals surface area contributed by atoms with Crippen molar-refractivity contribution in [2.75, 3.05) is 19.6 Å². The molecule has 0 aliphatic carbocycles. The molecular formula is C14H26N2O. The highest BCUT2D eigenvalue weighted by atomic mass is 16.2. The van der Waals surface area contributed by atoms with Gasteiger partial charge in [-0.2, -0.15) is 0 Å². The van der Waals surface area contributed by atoms with E-state index in [0.717, 1.165) is 38.9 Å². The number of hydrogen-bond acceptors (Lipinski definition) is 2. The Morgan fingerprint density at radius 3 is 2.88 bits per heavy atom. The molecule has 2 rings (SSSR count). The first-order valence-electron chi connectivity index (χ1n) is 7.08. The van der Waals surface area contributed by atoms with Crippen molar-refractivity contribution in [2.24, 2.45) is 5.41 Å². The Hall–Kier alpha value is -0.570. The fourth-order valence-electron chi connectivity index (χ4n) is 2.83. The van der Waals surface area contributed by atoms with Crippen molar-refractivity contribution in [1.82, 2.24) is 10.2 Å². The van der Waals surface area contributed by atoms with E-state index in [1.54, 1.807) is 0 Å². The van der Waals surface area contributed by atoms with E-state index in [0.29, 0.717) is 17.4 Å². The van der Waals surface area contributed by atoms with Crippen LogP contribution in [0.3, 0.4) is 0 Å². The van der Waals surface area contributed by atoms with Crippen molar-refractivity contribution in [1.29, 1.82) is 0 Å². The zero-order valence-corrected chi connectivity index (χ0v) is 11.3. The SMILES string of the molecule is CC1(C)CCC(=O)N(CC2CCCCN2)CC1. The van der Waals surface area contributed by atoms with Crippen LogP contribution in [0.1, 0.15) is 52.4 Å². The number of amides is 1. The Bertz CT molecular complexity index is 269. The molecule has 17 heavy (non-hydrogen) atoms. The zero-order chi connectivity index (χ0) is 12.3. The quantitative estimate of drug-likeness (QED) is 0.799. The smallest absolute Gasteiger partial charge is 0.222 e. The molecule has 0 saturated carbocycles. The van der Waals surface area contributed by atoms with Gasteiger partial charge in [0.15, 0.2) is 0 Å². The van der Waals surface area contributed by atoms with Crippen molar-refractivity contribution in [3.8, 4) is 0 Å². The summed E-state index contributed by atoms with van der Waals surface area (Å²) in [4.78, 5) is 14.2. The molecule has 1 N–H and O–H groups in total. The third-order valence-corrected chi connectivity index (χ3v) is 4.28. The van der Waals surface area contributed by atoms with E-state index in [4.69, 9.17) is 0 Å². The number of hydrogen-bond donors (Lipinski definition) is 1. The van der Waals surface area contributed by atoms with Crippen molar-refractivity contribution >= 4 is 5.91 Å². The minimum absolute atomic E-state index is 0.338. The van der Waals surface area contributed by atoms with Crippen molar-refractivity contribution in [3.05, 3.63) is 0 Å². The van der Waals surface area contributed by atoms with Gasteiger partial charge in [-0.25, -0.2) is 0 Å². The molecule has 0 aromatic rings. The van der Waals surface area contributed by atoms with E-state index in [-0.39, 0.29) is 0 Å². The molecule has 2 aliphatic rings. The maximum Gasteiger partial charge on any atom is 0.222 e. The molecule has 2 heterocycles. The highest BCUT2D eigenvalue weighted by Crippen LogP contribution is 2.30. The van der Waals surface area contributed by atoms with Crippen LogP contribution in [0.4, 0.5) is 0 Å². The van der Waals surface area contributed by atoms with Crippen LogP contribution in [0.25, 0.3) is 0 Å². The summed E-state index contributed by atoms with van der Waals surface area (Å²) in [5.41, 5.74) is 0.338. The Labute approximate surface area is 105 Å². The third kappa shape index (κ3) is 3.70. The number of nitrogens with zero attached hydrogens (tertiary/aromatic N) is 1. The fourth-order valence-corrected chi connectivity index (χ4v) is 2.83. The van der Waals surface area contributed by atoms with Gasteiger partial charge in [0.1, 0.15) is 0 Å². The zero-order valence-electron chi connectivity index (χ0n) is 11.3. The first-order valence-corrected chi connectivity index (χ1v) is 7.08. The van der Waals surface area contributed by atoms with Crippen LogP contribution >= 0.6 is 0 Å². The van der Waals surface area contributed by atoms with E-state index < -0.39 is 0 Å². The molecule has 1 amide bonds. The van der Waals surface area contributed by atoms with Gasteiger partial charge in [0, 0.05) is 25.6 Å². The van der Waals surface area contributed by atoms with Gasteiger partial charge in [-0.05, 0) is 37.6 Å². The van der Waals surface area contributed by atoms with Gasteiger partial charge in [0.05, 0.1) is 0 Å². The average molecular weight is 238 g/mol. The standard InChI is InChI=1S/C14H26N2O/c1-14(2)7-6-13(17)16(10-8-14)11-12-5-3-4-9-15-12/h12,15H,3-11H2,1-2H3. The molecule has 2 aliphatic heterocycles. The Morgan fingerprint density at radius 1 is 1.35 bits per heavy atom. The van der Waals surface area contributed by atoms with E-state index in [9.17, 15) is 4.79 Å². The van der Waals surface area contributed by atoms with Crippen LogP contribution in [-0.4, -0.2) is 36.5 Å². The van der Waals surface area contributed by atoms with E-state index in [1.165, 1.54) is 19.3 Å². The summed E-state index contributed by atoms with van der Waals surface area (Å²) in [5.74, 6) is 0.364. The highest BCUT2D eigenvalue weighted by molar-refractivity contribution is 5.76. The summed E-state index contributed by atoms with van der Waals surface area (Å²) in [6.45, 7) is 7.56. The Balaban J connectivity index is 1.88. The molecule has 2 fully saturated rings. The number of nitrogens with one attached hydrogen (secondary N) is 1. The maximum absolute atomic E-state index is 12.1. The van der Waals surface area contributed by atoms with Crippen molar-refractivity contribution in [3.63, 3.8) is 0 Å². The van der Waals surface area contributed by atoms with Gasteiger partial charge < -0.3 is 10.2 Å². The molecule has 0 bridgehead atoms. The molecule has 3 heteroatoms. The summed E-state index contributed by atoms with van der Waals surface area (Å²) >= 11 is 0. The monoisotopic (exact) mass is 238 g/mol. The van der Waals surface area contributed by atoms with E-state index >= 15 is 0 Å². The molecule has 0 aromatic heterocycles. The predicted octanol–water partition coefficient (Wildman–Crippen LogP) is 2.17. The van der Waals surface area contributed by atoms with Crippen LogP contribution in [0.2, 0.25) is 0 Å². The molecule has 1 atom stereocenters. The Morgan fingerprint density at radius 2 is 2.18 bits per heavy atom. The first kappa shape index (κ1) is 12.9. The molecule has 98 valence electrons. The molecule has 2 saturated heterocycles. The molecular weight excluding hydrogens is 212 g/mol. The minimum atomic E-state index is 0.338. The van der Waals surface area contributed by atoms with Gasteiger partial charge in [-0.15, -0.1) is 0 Å². The number of carbonyl (C=O) groups is 1. The maximum atomic E-state index is 12.1. The van der Waals surface area contributed by atoms with Crippen LogP contribution in [0, 0.1) is 5.41 Å². The normalized spacial score (nSPS) is 30.1. The molecule has 0 radical (unpaired) electrons. The van der Waals surface area contributed by atoms with Crippen LogP contribution in [-0.2, 0) is 4.79 Å².